The summed E-state index contributed by atoms with van der Waals surface area (Å²) in [6.45, 7) is 1.60. The number of hydrogen-bond donors (Lipinski definition) is 3. The van der Waals surface area contributed by atoms with Gasteiger partial charge in [0.15, 0.2) is 5.16 Å². The first-order valence-electron chi connectivity index (χ1n) is 6.38. The molecule has 0 aliphatic rings. The Hall–Kier alpha value is -2.47. The fourth-order valence-electron chi connectivity index (χ4n) is 1.36. The number of thioether (sulfide) groups is 1. The van der Waals surface area contributed by atoms with Crippen LogP contribution in [0.5, 0.6) is 0 Å². The number of amides is 1. The maximum absolute atomic E-state index is 10.8. The second-order valence-electron chi connectivity index (χ2n) is 4.18. The predicted octanol–water partition coefficient (Wildman–Crippen LogP) is -0.819. The zero-order chi connectivity index (χ0) is 17.4. The average molecular weight is 343 g/mol. The van der Waals surface area contributed by atoms with Crippen LogP contribution in [-0.2, 0) is 24.0 Å². The van der Waals surface area contributed by atoms with Crippen molar-refractivity contribution in [2.45, 2.75) is 24.3 Å². The summed E-state index contributed by atoms with van der Waals surface area (Å²) >= 11 is 1.37. The maximum atomic E-state index is 10.8. The number of nitrogens with two attached hydrogens (primary N) is 2. The number of carboxylic acid groups (broad SMARTS) is 1. The molecular formula is C11H17N7O4S. The van der Waals surface area contributed by atoms with Gasteiger partial charge in [0.1, 0.15) is 5.82 Å². The van der Waals surface area contributed by atoms with Crippen molar-refractivity contribution >= 4 is 23.6 Å². The maximum Gasteiger partial charge on any atom is 0.300 e. The van der Waals surface area contributed by atoms with E-state index in [2.05, 4.69) is 20.3 Å². The van der Waals surface area contributed by atoms with Crippen LogP contribution < -0.4 is 11.5 Å². The zero-order valence-corrected chi connectivity index (χ0v) is 13.4. The van der Waals surface area contributed by atoms with Crippen LogP contribution in [0.25, 0.3) is 0 Å². The molecule has 2 aromatic rings. The van der Waals surface area contributed by atoms with Gasteiger partial charge < -0.3 is 25.7 Å². The van der Waals surface area contributed by atoms with Gasteiger partial charge in [-0.05, 0) is 6.54 Å². The summed E-state index contributed by atoms with van der Waals surface area (Å²) in [5.74, 6) is -0.175. The molecule has 126 valence electrons. The van der Waals surface area contributed by atoms with E-state index in [1.165, 1.54) is 11.8 Å². The SMILES string of the molecule is CC(=O)O.Cn1c(CCN)nnc1SCc1nc(C(N)=O)no1. The molecule has 2 heterocycles. The normalized spacial score (nSPS) is 10.0. The molecule has 0 bridgehead atoms. The van der Waals surface area contributed by atoms with Crippen molar-refractivity contribution in [3.63, 3.8) is 0 Å². The van der Waals surface area contributed by atoms with E-state index in [-0.39, 0.29) is 5.82 Å². The first-order chi connectivity index (χ1) is 10.8. The second-order valence-corrected chi connectivity index (χ2v) is 5.12. The standard InChI is InChI=1S/C9H13N7O2S.C2H4O2/c1-16-5(2-3-10)13-14-9(16)19-4-6-12-8(7(11)17)15-18-6;1-2(3)4/h2-4,10H2,1H3,(H2,11,17);1H3,(H,3,4). The van der Waals surface area contributed by atoms with E-state index in [4.69, 9.17) is 25.9 Å². The highest BCUT2D eigenvalue weighted by Gasteiger charge is 2.13. The molecule has 0 aliphatic heterocycles. The smallest absolute Gasteiger partial charge is 0.300 e. The second kappa shape index (κ2) is 8.85. The van der Waals surface area contributed by atoms with Gasteiger partial charge in [-0.25, -0.2) is 0 Å². The third-order valence-corrected chi connectivity index (χ3v) is 3.31. The lowest BCUT2D eigenvalue weighted by Gasteiger charge is -2.00. The molecule has 0 radical (unpaired) electrons. The summed E-state index contributed by atoms with van der Waals surface area (Å²) in [4.78, 5) is 23.7. The molecule has 0 saturated carbocycles. The molecule has 0 saturated heterocycles. The van der Waals surface area contributed by atoms with Gasteiger partial charge in [0.05, 0.1) is 5.75 Å². The molecule has 0 aromatic carbocycles. The topological polar surface area (TPSA) is 176 Å². The molecule has 2 aromatic heterocycles. The van der Waals surface area contributed by atoms with Crippen molar-refractivity contribution in [3.8, 4) is 0 Å². The van der Waals surface area contributed by atoms with Crippen molar-refractivity contribution in [1.82, 2.24) is 24.9 Å². The van der Waals surface area contributed by atoms with E-state index in [0.717, 1.165) is 12.7 Å². The summed E-state index contributed by atoms with van der Waals surface area (Å²) in [5, 5.41) is 19.6. The average Bonchev–Trinajstić information content (AvgIpc) is 3.05. The molecule has 23 heavy (non-hydrogen) atoms. The van der Waals surface area contributed by atoms with Crippen molar-refractivity contribution < 1.29 is 19.2 Å². The Morgan fingerprint density at radius 1 is 1.39 bits per heavy atom. The minimum Gasteiger partial charge on any atom is -0.481 e. The van der Waals surface area contributed by atoms with E-state index in [1.54, 1.807) is 0 Å². The molecule has 0 spiro atoms. The number of aromatic nitrogens is 5. The molecule has 0 aliphatic carbocycles. The summed E-state index contributed by atoms with van der Waals surface area (Å²) in [6, 6.07) is 0. The van der Waals surface area contributed by atoms with Crippen LogP contribution in [0.1, 0.15) is 29.3 Å². The molecule has 11 nitrogen and oxygen atoms in total. The van der Waals surface area contributed by atoms with Crippen LogP contribution in [0.15, 0.2) is 9.68 Å². The minimum atomic E-state index is -0.833. The van der Waals surface area contributed by atoms with Crippen LogP contribution in [0.2, 0.25) is 0 Å². The summed E-state index contributed by atoms with van der Waals surface area (Å²) in [6.07, 6.45) is 0.663. The molecule has 0 unspecified atom stereocenters. The van der Waals surface area contributed by atoms with Crippen molar-refractivity contribution in [2.24, 2.45) is 18.5 Å². The lowest BCUT2D eigenvalue weighted by Crippen LogP contribution is -2.12. The fraction of sp³-hybridized carbons (Fsp3) is 0.455. The highest BCUT2D eigenvalue weighted by Crippen LogP contribution is 2.20. The Balaban J connectivity index is 0.000000593. The van der Waals surface area contributed by atoms with Gasteiger partial charge in [-0.15, -0.1) is 10.2 Å². The highest BCUT2D eigenvalue weighted by molar-refractivity contribution is 7.98. The monoisotopic (exact) mass is 343 g/mol. The molecular weight excluding hydrogens is 326 g/mol. The fourth-order valence-corrected chi connectivity index (χ4v) is 2.12. The van der Waals surface area contributed by atoms with E-state index in [1.807, 2.05) is 11.6 Å². The number of nitrogens with zero attached hydrogens (tertiary/aromatic N) is 5. The number of primary amides is 1. The molecule has 1 amide bonds. The highest BCUT2D eigenvalue weighted by atomic mass is 32.2. The Morgan fingerprint density at radius 2 is 2.04 bits per heavy atom. The van der Waals surface area contributed by atoms with Crippen molar-refractivity contribution in [2.75, 3.05) is 6.54 Å². The van der Waals surface area contributed by atoms with Crippen LogP contribution in [0.3, 0.4) is 0 Å². The number of carbonyl (C=O) groups is 2. The lowest BCUT2D eigenvalue weighted by atomic mass is 10.4. The van der Waals surface area contributed by atoms with Gasteiger partial charge in [-0.1, -0.05) is 16.9 Å². The summed E-state index contributed by atoms with van der Waals surface area (Å²) in [5.41, 5.74) is 10.5. The van der Waals surface area contributed by atoms with Crippen LogP contribution in [-0.4, -0.2) is 48.4 Å². The van der Waals surface area contributed by atoms with E-state index in [9.17, 15) is 4.79 Å². The van der Waals surface area contributed by atoms with Gasteiger partial charge in [0, 0.05) is 20.4 Å². The Kier molecular flexibility index (Phi) is 7.15. The summed E-state index contributed by atoms with van der Waals surface area (Å²) in [7, 11) is 1.86. The van der Waals surface area contributed by atoms with Crippen LogP contribution >= 0.6 is 11.8 Å². The molecule has 2 rings (SSSR count). The van der Waals surface area contributed by atoms with Crippen molar-refractivity contribution in [3.05, 3.63) is 17.5 Å². The first kappa shape index (κ1) is 18.6. The summed E-state index contributed by atoms with van der Waals surface area (Å²) < 4.78 is 6.73. The largest absolute Gasteiger partial charge is 0.481 e. The first-order valence-corrected chi connectivity index (χ1v) is 7.36. The van der Waals surface area contributed by atoms with E-state index >= 15 is 0 Å². The predicted molar refractivity (Wildman–Crippen MR) is 79.4 cm³/mol. The number of rotatable bonds is 6. The van der Waals surface area contributed by atoms with Gasteiger partial charge in [0.25, 0.3) is 17.7 Å². The van der Waals surface area contributed by atoms with Crippen LogP contribution in [0.4, 0.5) is 0 Å². The Morgan fingerprint density at radius 3 is 2.57 bits per heavy atom. The van der Waals surface area contributed by atoms with Crippen LogP contribution in [0, 0.1) is 0 Å². The molecule has 5 N–H and O–H groups in total. The Labute approximate surface area is 135 Å². The lowest BCUT2D eigenvalue weighted by molar-refractivity contribution is -0.134. The van der Waals surface area contributed by atoms with Gasteiger partial charge in [0.2, 0.25) is 5.89 Å². The molecule has 0 fully saturated rings. The van der Waals surface area contributed by atoms with Crippen molar-refractivity contribution in [1.29, 1.82) is 0 Å². The Bertz CT molecular complexity index is 665. The van der Waals surface area contributed by atoms with Gasteiger partial charge in [-0.3, -0.25) is 9.59 Å². The van der Waals surface area contributed by atoms with Gasteiger partial charge in [-0.2, -0.15) is 4.98 Å². The van der Waals surface area contributed by atoms with E-state index < -0.39 is 11.9 Å². The number of carbonyl (C=O) groups excluding carboxylic acids is 1. The number of carboxylic acids is 1. The quantitative estimate of drug-likeness (QED) is 0.561. The molecule has 12 heteroatoms. The zero-order valence-electron chi connectivity index (χ0n) is 12.6. The van der Waals surface area contributed by atoms with Gasteiger partial charge >= 0.3 is 0 Å². The third kappa shape index (κ3) is 6.04. The third-order valence-electron chi connectivity index (χ3n) is 2.31. The minimum absolute atomic E-state index is 0.127. The number of aliphatic carboxylic acids is 1. The van der Waals surface area contributed by atoms with E-state index in [0.29, 0.717) is 29.8 Å². The number of hydrogen-bond acceptors (Lipinski definition) is 9. The molecule has 0 atom stereocenters.